The van der Waals surface area contributed by atoms with Crippen LogP contribution in [0.5, 0.6) is 0 Å². The number of H-pyrrole nitrogens is 1. The fourth-order valence-electron chi connectivity index (χ4n) is 1.96. The molecule has 0 aliphatic carbocycles. The highest BCUT2D eigenvalue weighted by Crippen LogP contribution is 2.27. The monoisotopic (exact) mass is 208 g/mol. The van der Waals surface area contributed by atoms with Gasteiger partial charge in [-0.15, -0.1) is 0 Å². The number of nitro groups is 1. The van der Waals surface area contributed by atoms with Crippen LogP contribution < -0.4 is 9.88 Å². The molecule has 1 aromatic rings. The van der Waals surface area contributed by atoms with Crippen LogP contribution in [0, 0.1) is 10.1 Å². The highest BCUT2D eigenvalue weighted by Gasteiger charge is 2.22. The van der Waals surface area contributed by atoms with Crippen molar-refractivity contribution in [2.75, 3.05) is 18.0 Å². The SMILES string of the molecule is O=[N+]([O-])c1c[nH+]ccc1N1CCCCC1. The standard InChI is InChI=1S/C10H13N3O2/c14-13(15)10-8-11-5-4-9(10)12-6-2-1-3-7-12/h4-5,8H,1-3,6-7H2/p+1. The summed E-state index contributed by atoms with van der Waals surface area (Å²) >= 11 is 0. The van der Waals surface area contributed by atoms with E-state index < -0.39 is 0 Å². The topological polar surface area (TPSA) is 60.5 Å². The van der Waals surface area contributed by atoms with Gasteiger partial charge in [-0.25, -0.2) is 4.98 Å². The fraction of sp³-hybridized carbons (Fsp3) is 0.500. The van der Waals surface area contributed by atoms with Gasteiger partial charge in [-0.2, -0.15) is 0 Å². The van der Waals surface area contributed by atoms with Crippen LogP contribution in [-0.2, 0) is 0 Å². The Morgan fingerprint density at radius 2 is 2.07 bits per heavy atom. The van der Waals surface area contributed by atoms with E-state index >= 15 is 0 Å². The second-order valence-electron chi connectivity index (χ2n) is 3.72. The van der Waals surface area contributed by atoms with Gasteiger partial charge in [-0.05, 0) is 19.3 Å². The zero-order chi connectivity index (χ0) is 10.7. The van der Waals surface area contributed by atoms with Crippen molar-refractivity contribution in [1.82, 2.24) is 0 Å². The van der Waals surface area contributed by atoms with Crippen LogP contribution in [0.4, 0.5) is 11.4 Å². The zero-order valence-electron chi connectivity index (χ0n) is 8.48. The quantitative estimate of drug-likeness (QED) is 0.545. The van der Waals surface area contributed by atoms with E-state index in [1.165, 1.54) is 12.6 Å². The van der Waals surface area contributed by atoms with E-state index in [4.69, 9.17) is 0 Å². The molecule has 0 saturated carbocycles. The third-order valence-electron chi connectivity index (χ3n) is 2.71. The van der Waals surface area contributed by atoms with Crippen molar-refractivity contribution in [3.05, 3.63) is 28.6 Å². The normalized spacial score (nSPS) is 16.4. The fourth-order valence-corrected chi connectivity index (χ4v) is 1.96. The van der Waals surface area contributed by atoms with Gasteiger partial charge in [0.05, 0.1) is 4.92 Å². The first kappa shape index (κ1) is 9.89. The summed E-state index contributed by atoms with van der Waals surface area (Å²) in [4.78, 5) is 15.3. The molecule has 0 unspecified atom stereocenters. The first-order valence-electron chi connectivity index (χ1n) is 5.18. The number of rotatable bonds is 2. The molecule has 0 amide bonds. The van der Waals surface area contributed by atoms with Gasteiger partial charge in [0.2, 0.25) is 6.20 Å². The van der Waals surface area contributed by atoms with Crippen molar-refractivity contribution in [2.45, 2.75) is 19.3 Å². The smallest absolute Gasteiger partial charge is 0.355 e. The van der Waals surface area contributed by atoms with Crippen LogP contribution in [-0.4, -0.2) is 18.0 Å². The Hall–Kier alpha value is -1.65. The summed E-state index contributed by atoms with van der Waals surface area (Å²) in [6, 6.07) is 1.78. The van der Waals surface area contributed by atoms with E-state index in [-0.39, 0.29) is 10.6 Å². The van der Waals surface area contributed by atoms with Gasteiger partial charge in [-0.1, -0.05) is 0 Å². The maximum absolute atomic E-state index is 10.8. The lowest BCUT2D eigenvalue weighted by atomic mass is 10.1. The second-order valence-corrected chi connectivity index (χ2v) is 3.72. The Morgan fingerprint density at radius 1 is 1.33 bits per heavy atom. The van der Waals surface area contributed by atoms with Gasteiger partial charge >= 0.3 is 5.69 Å². The number of nitrogens with one attached hydrogen (secondary N) is 1. The third-order valence-corrected chi connectivity index (χ3v) is 2.71. The molecule has 2 heterocycles. The Bertz CT molecular complexity index is 361. The molecule has 0 aromatic carbocycles. The summed E-state index contributed by atoms with van der Waals surface area (Å²) in [5, 5.41) is 10.8. The van der Waals surface area contributed by atoms with Crippen LogP contribution in [0.2, 0.25) is 0 Å². The minimum absolute atomic E-state index is 0.166. The molecular weight excluding hydrogens is 194 g/mol. The number of pyridine rings is 1. The van der Waals surface area contributed by atoms with Gasteiger partial charge in [0.15, 0.2) is 6.20 Å². The number of aromatic nitrogens is 1. The van der Waals surface area contributed by atoms with E-state index in [1.54, 1.807) is 12.3 Å². The van der Waals surface area contributed by atoms with Crippen molar-refractivity contribution >= 4 is 11.4 Å². The lowest BCUT2D eigenvalue weighted by molar-refractivity contribution is -0.419. The van der Waals surface area contributed by atoms with Crippen molar-refractivity contribution in [3.8, 4) is 0 Å². The minimum Gasteiger partial charge on any atom is -0.366 e. The number of anilines is 1. The molecule has 0 bridgehead atoms. The Kier molecular flexibility index (Phi) is 2.80. The molecule has 0 atom stereocenters. The Balaban J connectivity index is 2.29. The first-order chi connectivity index (χ1) is 7.29. The molecule has 2 rings (SSSR count). The Labute approximate surface area is 87.9 Å². The average Bonchev–Trinajstić information content (AvgIpc) is 2.30. The third kappa shape index (κ3) is 2.06. The van der Waals surface area contributed by atoms with Gasteiger partial charge in [0, 0.05) is 19.2 Å². The molecular formula is C10H14N3O2+. The summed E-state index contributed by atoms with van der Waals surface area (Å²) in [7, 11) is 0. The molecule has 1 aliphatic heterocycles. The van der Waals surface area contributed by atoms with E-state index in [2.05, 4.69) is 9.88 Å². The number of aromatic amines is 1. The predicted molar refractivity (Wildman–Crippen MR) is 55.7 cm³/mol. The van der Waals surface area contributed by atoms with Crippen molar-refractivity contribution in [2.24, 2.45) is 0 Å². The largest absolute Gasteiger partial charge is 0.366 e. The van der Waals surface area contributed by atoms with Gasteiger partial charge in [-0.3, -0.25) is 10.1 Å². The molecule has 5 nitrogen and oxygen atoms in total. The van der Waals surface area contributed by atoms with Crippen LogP contribution in [0.15, 0.2) is 18.5 Å². The molecule has 1 aliphatic rings. The average molecular weight is 208 g/mol. The van der Waals surface area contributed by atoms with E-state index in [0.29, 0.717) is 0 Å². The van der Waals surface area contributed by atoms with Crippen molar-refractivity contribution in [3.63, 3.8) is 0 Å². The molecule has 1 N–H and O–H groups in total. The molecule has 0 radical (unpaired) electrons. The van der Waals surface area contributed by atoms with Crippen molar-refractivity contribution < 1.29 is 9.91 Å². The van der Waals surface area contributed by atoms with Gasteiger partial charge in [0.25, 0.3) is 0 Å². The lowest BCUT2D eigenvalue weighted by Crippen LogP contribution is -2.30. The first-order valence-corrected chi connectivity index (χ1v) is 5.18. The number of hydrogen-bond donors (Lipinski definition) is 0. The second kappa shape index (κ2) is 4.25. The van der Waals surface area contributed by atoms with Crippen LogP contribution in [0.3, 0.4) is 0 Å². The summed E-state index contributed by atoms with van der Waals surface area (Å²) < 4.78 is 0. The lowest BCUT2D eigenvalue weighted by Gasteiger charge is -2.27. The minimum atomic E-state index is -0.333. The number of nitrogens with zero attached hydrogens (tertiary/aromatic N) is 2. The van der Waals surface area contributed by atoms with E-state index in [1.807, 2.05) is 0 Å². The molecule has 1 aromatic heterocycles. The molecule has 5 heteroatoms. The van der Waals surface area contributed by atoms with Gasteiger partial charge in [0.1, 0.15) is 5.69 Å². The highest BCUT2D eigenvalue weighted by atomic mass is 16.6. The Morgan fingerprint density at radius 3 is 2.73 bits per heavy atom. The van der Waals surface area contributed by atoms with E-state index in [0.717, 1.165) is 31.6 Å². The maximum atomic E-state index is 10.8. The number of hydrogen-bond acceptors (Lipinski definition) is 3. The maximum Gasteiger partial charge on any atom is 0.355 e. The molecule has 80 valence electrons. The van der Waals surface area contributed by atoms with E-state index in [9.17, 15) is 10.1 Å². The molecule has 1 fully saturated rings. The molecule has 1 saturated heterocycles. The predicted octanol–water partition coefficient (Wildman–Crippen LogP) is 1.40. The molecule has 0 spiro atoms. The summed E-state index contributed by atoms with van der Waals surface area (Å²) in [5.41, 5.74) is 0.901. The van der Waals surface area contributed by atoms with Crippen LogP contribution >= 0.6 is 0 Å². The molecule has 15 heavy (non-hydrogen) atoms. The summed E-state index contributed by atoms with van der Waals surface area (Å²) in [5.74, 6) is 0. The highest BCUT2D eigenvalue weighted by molar-refractivity contribution is 5.60. The van der Waals surface area contributed by atoms with Crippen molar-refractivity contribution in [1.29, 1.82) is 0 Å². The number of piperidine rings is 1. The zero-order valence-corrected chi connectivity index (χ0v) is 8.48. The summed E-state index contributed by atoms with van der Waals surface area (Å²) in [6.07, 6.45) is 6.65. The van der Waals surface area contributed by atoms with Crippen LogP contribution in [0.1, 0.15) is 19.3 Å². The van der Waals surface area contributed by atoms with Crippen LogP contribution in [0.25, 0.3) is 0 Å². The summed E-state index contributed by atoms with van der Waals surface area (Å²) in [6.45, 7) is 1.84. The van der Waals surface area contributed by atoms with Gasteiger partial charge < -0.3 is 4.90 Å².